The van der Waals surface area contributed by atoms with Crippen molar-refractivity contribution in [2.45, 2.75) is 19.6 Å². The topological polar surface area (TPSA) is 147 Å². The van der Waals surface area contributed by atoms with Crippen molar-refractivity contribution < 1.29 is 29.7 Å². The third-order valence-corrected chi connectivity index (χ3v) is 5.23. The molecule has 3 heterocycles. The molecule has 2 aromatic rings. The van der Waals surface area contributed by atoms with Crippen LogP contribution in [0.1, 0.15) is 27.6 Å². The minimum Gasteiger partial charge on any atom is -0.480 e. The van der Waals surface area contributed by atoms with Gasteiger partial charge in [-0.3, -0.25) is 29.3 Å². The smallest absolute Gasteiger partial charge is 0.354 e. The summed E-state index contributed by atoms with van der Waals surface area (Å²) in [6.07, 6.45) is 0. The highest BCUT2D eigenvalue weighted by molar-refractivity contribution is 5.85. The Labute approximate surface area is 190 Å². The normalized spacial score (nSPS) is 16.5. The Balaban J connectivity index is 1.85. The lowest BCUT2D eigenvalue weighted by atomic mass is 10.2. The van der Waals surface area contributed by atoms with Gasteiger partial charge in [0.25, 0.3) is 0 Å². The number of aromatic carboxylic acids is 1. The summed E-state index contributed by atoms with van der Waals surface area (Å²) >= 11 is 0. The molecule has 33 heavy (non-hydrogen) atoms. The maximum Gasteiger partial charge on any atom is 0.354 e. The van der Waals surface area contributed by atoms with Crippen LogP contribution < -0.4 is 0 Å². The Bertz CT molecular complexity index is 1000. The highest BCUT2D eigenvalue weighted by Crippen LogP contribution is 2.12. The molecule has 0 unspecified atom stereocenters. The van der Waals surface area contributed by atoms with E-state index in [1.807, 2.05) is 23.1 Å². The molecule has 0 aliphatic carbocycles. The molecule has 0 fully saturated rings. The molecule has 11 heteroatoms. The number of rotatable bonds is 7. The highest BCUT2D eigenvalue weighted by atomic mass is 16.4. The summed E-state index contributed by atoms with van der Waals surface area (Å²) in [6, 6.07) is 10.4. The maximum absolute atomic E-state index is 11.4. The van der Waals surface area contributed by atoms with Crippen molar-refractivity contribution in [2.24, 2.45) is 0 Å². The molecule has 0 amide bonds. The van der Waals surface area contributed by atoms with Crippen LogP contribution in [0.5, 0.6) is 0 Å². The SMILES string of the molecule is O=C(O)CN1CCN(CC(=O)O)Cc2cccc(n2)CN(Cc2cccc(C(=O)O)n2)CC1. The largest absolute Gasteiger partial charge is 0.480 e. The third kappa shape index (κ3) is 7.90. The van der Waals surface area contributed by atoms with Crippen LogP contribution in [0.2, 0.25) is 0 Å². The van der Waals surface area contributed by atoms with Crippen molar-refractivity contribution in [3.05, 3.63) is 59.2 Å². The lowest BCUT2D eigenvalue weighted by Gasteiger charge is -2.30. The quantitative estimate of drug-likeness (QED) is 0.533. The van der Waals surface area contributed by atoms with Crippen molar-refractivity contribution in [3.63, 3.8) is 0 Å². The van der Waals surface area contributed by atoms with Gasteiger partial charge in [0.1, 0.15) is 5.69 Å². The Kier molecular flexibility index (Phi) is 8.41. The van der Waals surface area contributed by atoms with Gasteiger partial charge in [-0.15, -0.1) is 0 Å². The van der Waals surface area contributed by atoms with Gasteiger partial charge in [-0.2, -0.15) is 0 Å². The Morgan fingerprint density at radius 2 is 1.27 bits per heavy atom. The van der Waals surface area contributed by atoms with E-state index in [1.165, 1.54) is 6.07 Å². The van der Waals surface area contributed by atoms with E-state index in [9.17, 15) is 29.7 Å². The van der Waals surface area contributed by atoms with Gasteiger partial charge in [0.15, 0.2) is 0 Å². The second-order valence-electron chi connectivity index (χ2n) is 7.92. The van der Waals surface area contributed by atoms with Gasteiger partial charge in [-0.25, -0.2) is 9.78 Å². The first-order chi connectivity index (χ1) is 15.8. The summed E-state index contributed by atoms with van der Waals surface area (Å²) in [6.45, 7) is 2.54. The summed E-state index contributed by atoms with van der Waals surface area (Å²) in [5.41, 5.74) is 2.07. The number of nitrogens with zero attached hydrogens (tertiary/aromatic N) is 5. The molecule has 0 atom stereocenters. The van der Waals surface area contributed by atoms with Crippen LogP contribution in [-0.2, 0) is 29.2 Å². The lowest BCUT2D eigenvalue weighted by Crippen LogP contribution is -2.43. The first kappa shape index (κ1) is 24.2. The minimum atomic E-state index is -1.10. The summed E-state index contributed by atoms with van der Waals surface area (Å²) in [7, 11) is 0. The van der Waals surface area contributed by atoms with Crippen LogP contribution in [0.15, 0.2) is 36.4 Å². The van der Waals surface area contributed by atoms with Crippen LogP contribution in [0.25, 0.3) is 0 Å². The molecule has 1 aliphatic heterocycles. The van der Waals surface area contributed by atoms with Gasteiger partial charge in [0, 0.05) is 45.8 Å². The molecule has 2 aromatic heterocycles. The van der Waals surface area contributed by atoms with Gasteiger partial charge in [-0.1, -0.05) is 12.1 Å². The van der Waals surface area contributed by atoms with E-state index in [1.54, 1.807) is 21.9 Å². The molecule has 1 aliphatic rings. The molecule has 0 spiro atoms. The number of carbonyl (C=O) groups is 3. The molecule has 3 rings (SSSR count). The van der Waals surface area contributed by atoms with E-state index in [0.717, 1.165) is 11.4 Å². The Morgan fingerprint density at radius 1 is 0.727 bits per heavy atom. The Morgan fingerprint density at radius 3 is 1.91 bits per heavy atom. The molecule has 0 aromatic carbocycles. The zero-order chi connectivity index (χ0) is 23.8. The number of hydrogen-bond acceptors (Lipinski definition) is 8. The van der Waals surface area contributed by atoms with Gasteiger partial charge in [0.05, 0.1) is 30.2 Å². The van der Waals surface area contributed by atoms with Gasteiger partial charge in [-0.05, 0) is 24.3 Å². The van der Waals surface area contributed by atoms with Crippen LogP contribution in [0.4, 0.5) is 0 Å². The molecule has 11 nitrogen and oxygen atoms in total. The summed E-state index contributed by atoms with van der Waals surface area (Å²) < 4.78 is 0. The number of fused-ring (bicyclic) bond motifs is 2. The predicted octanol–water partition coefficient (Wildman–Crippen LogP) is 0.464. The van der Waals surface area contributed by atoms with Gasteiger partial charge < -0.3 is 15.3 Å². The molecule has 0 radical (unpaired) electrons. The van der Waals surface area contributed by atoms with Crippen LogP contribution in [-0.4, -0.2) is 97.2 Å². The van der Waals surface area contributed by atoms with Crippen LogP contribution in [0, 0.1) is 0 Å². The molecular weight excluding hydrogens is 430 g/mol. The number of carboxylic acid groups (broad SMARTS) is 3. The van der Waals surface area contributed by atoms with Crippen LogP contribution >= 0.6 is 0 Å². The zero-order valence-electron chi connectivity index (χ0n) is 18.1. The molecule has 176 valence electrons. The second-order valence-corrected chi connectivity index (χ2v) is 7.92. The van der Waals surface area contributed by atoms with Crippen molar-refractivity contribution >= 4 is 17.9 Å². The first-order valence-corrected chi connectivity index (χ1v) is 10.5. The highest BCUT2D eigenvalue weighted by Gasteiger charge is 2.19. The number of aromatic nitrogens is 2. The van der Waals surface area contributed by atoms with E-state index in [0.29, 0.717) is 51.5 Å². The van der Waals surface area contributed by atoms with Crippen LogP contribution in [0.3, 0.4) is 0 Å². The molecule has 3 N–H and O–H groups in total. The molecule has 2 bridgehead atoms. The number of pyridine rings is 2. The van der Waals surface area contributed by atoms with E-state index in [-0.39, 0.29) is 18.8 Å². The lowest BCUT2D eigenvalue weighted by molar-refractivity contribution is -0.140. The predicted molar refractivity (Wildman–Crippen MR) is 117 cm³/mol. The molecule has 0 saturated heterocycles. The maximum atomic E-state index is 11.4. The standard InChI is InChI=1S/C22H27N5O6/c28-20(29)14-25-7-9-26(13-18-5-2-6-19(24-18)22(32)33)11-16-3-1-4-17(23-16)12-27(10-8-25)15-21(30)31/h1-6H,7-15H2,(H,28,29)(H,30,31)(H,32,33). The van der Waals surface area contributed by atoms with Gasteiger partial charge in [0.2, 0.25) is 0 Å². The Hall–Kier alpha value is -3.41. The van der Waals surface area contributed by atoms with E-state index < -0.39 is 17.9 Å². The van der Waals surface area contributed by atoms with Crippen molar-refractivity contribution in [3.8, 4) is 0 Å². The van der Waals surface area contributed by atoms with E-state index >= 15 is 0 Å². The number of aliphatic carboxylic acids is 2. The zero-order valence-corrected chi connectivity index (χ0v) is 18.1. The molecular formula is C22H27N5O6. The first-order valence-electron chi connectivity index (χ1n) is 10.5. The second kappa shape index (κ2) is 11.5. The fraction of sp³-hybridized carbons (Fsp3) is 0.409. The fourth-order valence-corrected chi connectivity index (χ4v) is 3.73. The van der Waals surface area contributed by atoms with Crippen molar-refractivity contribution in [1.82, 2.24) is 24.7 Å². The monoisotopic (exact) mass is 457 g/mol. The minimum absolute atomic E-state index is 0.0343. The average molecular weight is 457 g/mol. The summed E-state index contributed by atoms with van der Waals surface area (Å²) in [5, 5.41) is 27.8. The van der Waals surface area contributed by atoms with E-state index in [2.05, 4.69) is 9.97 Å². The molecule has 0 saturated carbocycles. The summed E-state index contributed by atoms with van der Waals surface area (Å²) in [4.78, 5) is 48.4. The van der Waals surface area contributed by atoms with Crippen molar-refractivity contribution in [2.75, 3.05) is 39.3 Å². The number of carboxylic acids is 3. The third-order valence-electron chi connectivity index (χ3n) is 5.23. The average Bonchev–Trinajstić information content (AvgIpc) is 2.74. The summed E-state index contributed by atoms with van der Waals surface area (Å²) in [5.74, 6) is -3.01. The number of hydrogen-bond donors (Lipinski definition) is 3. The fourth-order valence-electron chi connectivity index (χ4n) is 3.73. The van der Waals surface area contributed by atoms with Gasteiger partial charge >= 0.3 is 17.9 Å². The van der Waals surface area contributed by atoms with Crippen molar-refractivity contribution in [1.29, 1.82) is 0 Å². The van der Waals surface area contributed by atoms with E-state index in [4.69, 9.17) is 0 Å².